The average molecular weight is 351 g/mol. The van der Waals surface area contributed by atoms with Crippen LogP contribution in [0.1, 0.15) is 61.6 Å². The molecule has 2 aliphatic rings. The third-order valence-electron chi connectivity index (χ3n) is 4.66. The molecule has 0 aromatic carbocycles. The van der Waals surface area contributed by atoms with Gasteiger partial charge >= 0.3 is 0 Å². The lowest BCUT2D eigenvalue weighted by molar-refractivity contribution is 0.354. The van der Waals surface area contributed by atoms with Gasteiger partial charge in [0.15, 0.2) is 0 Å². The molecule has 1 N–H and O–H groups in total. The number of nitrogens with one attached hydrogen (secondary N) is 1. The summed E-state index contributed by atoms with van der Waals surface area (Å²) < 4.78 is 33.3. The SMILES string of the molecule is O=S(=O)(NCc1cn(Cc2cc(C3CCCC3)on2)nn1)C1CC1. The summed E-state index contributed by atoms with van der Waals surface area (Å²) in [5, 5.41) is 11.9. The molecule has 130 valence electrons. The smallest absolute Gasteiger partial charge is 0.214 e. The highest BCUT2D eigenvalue weighted by Gasteiger charge is 2.35. The molecular weight excluding hydrogens is 330 g/mol. The monoisotopic (exact) mass is 351 g/mol. The summed E-state index contributed by atoms with van der Waals surface area (Å²) in [6.45, 7) is 0.642. The normalized spacial score (nSPS) is 19.2. The number of hydrogen-bond donors (Lipinski definition) is 1. The lowest BCUT2D eigenvalue weighted by Crippen LogP contribution is -2.26. The third kappa shape index (κ3) is 3.51. The molecule has 8 nitrogen and oxygen atoms in total. The Morgan fingerprint density at radius 2 is 2.00 bits per heavy atom. The first kappa shape index (κ1) is 15.8. The molecule has 2 aliphatic carbocycles. The first-order valence-corrected chi connectivity index (χ1v) is 9.98. The van der Waals surface area contributed by atoms with Gasteiger partial charge in [0.1, 0.15) is 11.5 Å². The van der Waals surface area contributed by atoms with Crippen molar-refractivity contribution in [1.82, 2.24) is 24.9 Å². The van der Waals surface area contributed by atoms with Gasteiger partial charge in [0.2, 0.25) is 10.0 Å². The largest absolute Gasteiger partial charge is 0.361 e. The van der Waals surface area contributed by atoms with E-state index in [1.165, 1.54) is 25.7 Å². The summed E-state index contributed by atoms with van der Waals surface area (Å²) in [6.07, 6.45) is 8.08. The second-order valence-electron chi connectivity index (χ2n) is 6.67. The highest BCUT2D eigenvalue weighted by molar-refractivity contribution is 7.90. The minimum atomic E-state index is -3.20. The van der Waals surface area contributed by atoms with Crippen molar-refractivity contribution in [2.45, 2.75) is 62.8 Å². The number of rotatable bonds is 7. The quantitative estimate of drug-likeness (QED) is 0.812. The standard InChI is InChI=1S/C15H21N5O3S/c21-24(22,14-5-6-14)16-8-13-10-20(19-17-13)9-12-7-15(23-18-12)11-3-1-2-4-11/h7,10-11,14,16H,1-6,8-9H2. The Balaban J connectivity index is 1.35. The van der Waals surface area contributed by atoms with Gasteiger partial charge in [0.25, 0.3) is 0 Å². The molecule has 2 fully saturated rings. The average Bonchev–Trinajstić information content (AvgIpc) is 2.98. The first-order valence-electron chi connectivity index (χ1n) is 8.43. The van der Waals surface area contributed by atoms with Crippen LogP contribution in [-0.4, -0.2) is 33.8 Å². The second-order valence-corrected chi connectivity index (χ2v) is 8.72. The van der Waals surface area contributed by atoms with Crippen molar-refractivity contribution in [2.75, 3.05) is 0 Å². The Hall–Kier alpha value is -1.74. The summed E-state index contributed by atoms with van der Waals surface area (Å²) >= 11 is 0. The molecule has 9 heteroatoms. The van der Waals surface area contributed by atoms with Crippen LogP contribution in [-0.2, 0) is 23.1 Å². The lowest BCUT2D eigenvalue weighted by Gasteiger charge is -2.01. The number of hydrogen-bond acceptors (Lipinski definition) is 6. The molecule has 0 atom stereocenters. The Kier molecular flexibility index (Phi) is 4.13. The van der Waals surface area contributed by atoms with Crippen LogP contribution >= 0.6 is 0 Å². The molecule has 2 aromatic heterocycles. The molecule has 2 aromatic rings. The van der Waals surface area contributed by atoms with Crippen molar-refractivity contribution in [2.24, 2.45) is 0 Å². The molecule has 2 heterocycles. The second kappa shape index (κ2) is 6.29. The van der Waals surface area contributed by atoms with E-state index in [0.29, 0.717) is 18.2 Å². The van der Waals surface area contributed by atoms with Gasteiger partial charge in [-0.05, 0) is 25.7 Å². The Bertz CT molecular complexity index is 803. The molecule has 0 saturated heterocycles. The zero-order valence-corrected chi connectivity index (χ0v) is 14.2. The highest BCUT2D eigenvalue weighted by atomic mass is 32.2. The van der Waals surface area contributed by atoms with E-state index < -0.39 is 10.0 Å². The van der Waals surface area contributed by atoms with Crippen molar-refractivity contribution in [3.8, 4) is 0 Å². The zero-order valence-electron chi connectivity index (χ0n) is 13.4. The minimum absolute atomic E-state index is 0.172. The van der Waals surface area contributed by atoms with E-state index in [-0.39, 0.29) is 11.8 Å². The van der Waals surface area contributed by atoms with E-state index in [0.717, 1.165) is 24.3 Å². The van der Waals surface area contributed by atoms with Gasteiger partial charge in [-0.3, -0.25) is 0 Å². The maximum atomic E-state index is 11.8. The predicted molar refractivity (Wildman–Crippen MR) is 85.6 cm³/mol. The van der Waals surface area contributed by atoms with Gasteiger partial charge in [-0.15, -0.1) is 5.10 Å². The van der Waals surface area contributed by atoms with Gasteiger partial charge in [-0.25, -0.2) is 17.8 Å². The van der Waals surface area contributed by atoms with Crippen molar-refractivity contribution in [1.29, 1.82) is 0 Å². The van der Waals surface area contributed by atoms with Crippen molar-refractivity contribution in [3.05, 3.63) is 29.4 Å². The molecule has 24 heavy (non-hydrogen) atoms. The predicted octanol–water partition coefficient (Wildman–Crippen LogP) is 1.55. The summed E-state index contributed by atoms with van der Waals surface area (Å²) in [4.78, 5) is 0. The van der Waals surface area contributed by atoms with Gasteiger partial charge in [0.05, 0.1) is 30.2 Å². The summed E-state index contributed by atoms with van der Waals surface area (Å²) in [7, 11) is -3.20. The molecule has 4 rings (SSSR count). The fourth-order valence-corrected chi connectivity index (χ4v) is 4.48. The number of aromatic nitrogens is 4. The van der Waals surface area contributed by atoms with E-state index in [9.17, 15) is 8.42 Å². The van der Waals surface area contributed by atoms with E-state index in [1.54, 1.807) is 10.9 Å². The van der Waals surface area contributed by atoms with Crippen LogP contribution in [0, 0.1) is 0 Å². The van der Waals surface area contributed by atoms with E-state index in [1.807, 2.05) is 6.07 Å². The molecule has 0 spiro atoms. The number of nitrogens with zero attached hydrogens (tertiary/aromatic N) is 4. The van der Waals surface area contributed by atoms with Crippen LogP contribution < -0.4 is 4.72 Å². The van der Waals surface area contributed by atoms with Crippen LogP contribution in [0.2, 0.25) is 0 Å². The molecule has 0 radical (unpaired) electrons. The van der Waals surface area contributed by atoms with Crippen LogP contribution in [0.3, 0.4) is 0 Å². The van der Waals surface area contributed by atoms with E-state index in [4.69, 9.17) is 4.52 Å². The molecule has 0 amide bonds. The van der Waals surface area contributed by atoms with Gasteiger partial charge in [0, 0.05) is 12.0 Å². The summed E-state index contributed by atoms with van der Waals surface area (Å²) in [5.74, 6) is 1.45. The molecule has 0 aliphatic heterocycles. The molecule has 0 unspecified atom stereocenters. The van der Waals surface area contributed by atoms with E-state index >= 15 is 0 Å². The molecule has 0 bridgehead atoms. The van der Waals surface area contributed by atoms with Crippen LogP contribution in [0.4, 0.5) is 0 Å². The van der Waals surface area contributed by atoms with Crippen LogP contribution in [0.25, 0.3) is 0 Å². The third-order valence-corrected chi connectivity index (χ3v) is 6.56. The Morgan fingerprint density at radius 1 is 1.21 bits per heavy atom. The van der Waals surface area contributed by atoms with E-state index in [2.05, 4.69) is 20.2 Å². The maximum Gasteiger partial charge on any atom is 0.214 e. The Labute approximate surface area is 140 Å². The van der Waals surface area contributed by atoms with Gasteiger partial charge in [-0.2, -0.15) is 0 Å². The number of sulfonamides is 1. The highest BCUT2D eigenvalue weighted by Crippen LogP contribution is 2.34. The Morgan fingerprint density at radius 3 is 2.75 bits per heavy atom. The molecule has 2 saturated carbocycles. The zero-order chi connectivity index (χ0) is 16.6. The summed E-state index contributed by atoms with van der Waals surface area (Å²) in [6, 6.07) is 1.99. The van der Waals surface area contributed by atoms with Crippen LogP contribution in [0.5, 0.6) is 0 Å². The minimum Gasteiger partial charge on any atom is -0.361 e. The van der Waals surface area contributed by atoms with Crippen LogP contribution in [0.15, 0.2) is 16.8 Å². The van der Waals surface area contributed by atoms with Gasteiger partial charge in [-0.1, -0.05) is 23.2 Å². The van der Waals surface area contributed by atoms with Gasteiger partial charge < -0.3 is 4.52 Å². The molecular formula is C15H21N5O3S. The van der Waals surface area contributed by atoms with Crippen molar-refractivity contribution in [3.63, 3.8) is 0 Å². The van der Waals surface area contributed by atoms with Crippen molar-refractivity contribution < 1.29 is 12.9 Å². The summed E-state index contributed by atoms with van der Waals surface area (Å²) in [5.41, 5.74) is 1.41. The van der Waals surface area contributed by atoms with Crippen molar-refractivity contribution >= 4 is 10.0 Å². The lowest BCUT2D eigenvalue weighted by atomic mass is 10.1. The topological polar surface area (TPSA) is 103 Å². The fourth-order valence-electron chi connectivity index (χ4n) is 3.14. The fraction of sp³-hybridized carbons (Fsp3) is 0.667. The first-order chi connectivity index (χ1) is 11.6. The maximum absolute atomic E-state index is 11.8.